The highest BCUT2D eigenvalue weighted by Gasteiger charge is 2.11. The second-order valence-electron chi connectivity index (χ2n) is 5.62. The molecule has 0 unspecified atom stereocenters. The second kappa shape index (κ2) is 7.64. The summed E-state index contributed by atoms with van der Waals surface area (Å²) in [7, 11) is 0. The highest BCUT2D eigenvalue weighted by atomic mass is 16.5. The molecule has 0 fully saturated rings. The molecule has 0 radical (unpaired) electrons. The monoisotopic (exact) mass is 319 g/mol. The molecule has 3 rings (SSSR count). The van der Waals surface area contributed by atoms with Crippen LogP contribution >= 0.6 is 0 Å². The van der Waals surface area contributed by atoms with E-state index in [2.05, 4.69) is 29.0 Å². The minimum atomic E-state index is -0.238. The number of ether oxygens (including phenoxy) is 1. The molecule has 0 aliphatic carbocycles. The summed E-state index contributed by atoms with van der Waals surface area (Å²) < 4.78 is 7.39. The average molecular weight is 319 g/mol. The number of esters is 1. The van der Waals surface area contributed by atoms with Gasteiger partial charge in [0.2, 0.25) is 0 Å². The van der Waals surface area contributed by atoms with Crippen LogP contribution in [0.15, 0.2) is 72.4 Å². The molecule has 0 spiro atoms. The number of fused-ring (bicyclic) bond motifs is 1. The quantitative estimate of drug-likeness (QED) is 0.488. The van der Waals surface area contributed by atoms with Crippen molar-refractivity contribution in [2.75, 3.05) is 6.61 Å². The molecular weight excluding hydrogens is 298 g/mol. The lowest BCUT2D eigenvalue weighted by atomic mass is 10.1. The third-order valence-electron chi connectivity index (χ3n) is 3.98. The molecular formula is C21H21NO2. The van der Waals surface area contributed by atoms with Crippen molar-refractivity contribution in [2.24, 2.45) is 0 Å². The Hall–Kier alpha value is -2.81. The van der Waals surface area contributed by atoms with E-state index in [-0.39, 0.29) is 5.97 Å². The minimum Gasteiger partial charge on any atom is -0.463 e. The van der Waals surface area contributed by atoms with Crippen LogP contribution in [0.1, 0.15) is 18.9 Å². The number of carbonyl (C=O) groups excluding carboxylic acids is 1. The molecule has 3 aromatic rings. The van der Waals surface area contributed by atoms with Gasteiger partial charge in [0.1, 0.15) is 0 Å². The van der Waals surface area contributed by atoms with Gasteiger partial charge < -0.3 is 9.30 Å². The number of hydrogen-bond donors (Lipinski definition) is 0. The molecule has 0 aliphatic heterocycles. The molecule has 1 aromatic heterocycles. The van der Waals surface area contributed by atoms with E-state index in [1.807, 2.05) is 55.5 Å². The van der Waals surface area contributed by atoms with Crippen LogP contribution in [0.25, 0.3) is 17.0 Å². The Morgan fingerprint density at radius 1 is 1.04 bits per heavy atom. The van der Waals surface area contributed by atoms with Gasteiger partial charge in [0.25, 0.3) is 0 Å². The van der Waals surface area contributed by atoms with Crippen molar-refractivity contribution in [1.29, 1.82) is 0 Å². The number of carbonyl (C=O) groups is 1. The molecule has 2 aromatic carbocycles. The molecule has 3 nitrogen and oxygen atoms in total. The lowest BCUT2D eigenvalue weighted by Gasteiger charge is -2.09. The normalized spacial score (nSPS) is 11.6. The van der Waals surface area contributed by atoms with Gasteiger partial charge in [-0.15, -0.1) is 0 Å². The fraction of sp³-hybridized carbons (Fsp3) is 0.190. The topological polar surface area (TPSA) is 31.2 Å². The summed E-state index contributed by atoms with van der Waals surface area (Å²) in [5, 5.41) is 1.21. The Balaban J connectivity index is 1.81. The van der Waals surface area contributed by atoms with E-state index < -0.39 is 0 Å². The first-order valence-electron chi connectivity index (χ1n) is 8.24. The van der Waals surface area contributed by atoms with Gasteiger partial charge in [-0.3, -0.25) is 0 Å². The largest absolute Gasteiger partial charge is 0.463 e. The number of aryl methyl sites for hydroxylation is 1. The van der Waals surface area contributed by atoms with Gasteiger partial charge >= 0.3 is 5.97 Å². The number of hydrogen-bond acceptors (Lipinski definition) is 2. The van der Waals surface area contributed by atoms with Crippen molar-refractivity contribution in [1.82, 2.24) is 4.57 Å². The van der Waals surface area contributed by atoms with Crippen molar-refractivity contribution in [3.63, 3.8) is 0 Å². The molecule has 1 heterocycles. The van der Waals surface area contributed by atoms with E-state index in [1.54, 1.807) is 0 Å². The Morgan fingerprint density at radius 2 is 1.79 bits per heavy atom. The predicted octanol–water partition coefficient (Wildman–Crippen LogP) is 4.68. The molecule has 0 saturated heterocycles. The van der Waals surface area contributed by atoms with E-state index in [0.29, 0.717) is 18.6 Å². The van der Waals surface area contributed by atoms with Gasteiger partial charge in [0.15, 0.2) is 0 Å². The lowest BCUT2D eigenvalue weighted by Crippen LogP contribution is -2.10. The van der Waals surface area contributed by atoms with Crippen LogP contribution in [0.2, 0.25) is 0 Å². The molecule has 0 atom stereocenters. The molecule has 0 saturated carbocycles. The summed E-state index contributed by atoms with van der Waals surface area (Å²) >= 11 is 0. The fourth-order valence-electron chi connectivity index (χ4n) is 2.78. The Kier molecular flexibility index (Phi) is 5.12. The summed E-state index contributed by atoms with van der Waals surface area (Å²) in [6.45, 7) is 2.96. The zero-order chi connectivity index (χ0) is 16.8. The molecule has 3 heteroatoms. The minimum absolute atomic E-state index is 0.238. The first kappa shape index (κ1) is 16.1. The molecule has 0 N–H and O–H groups in total. The van der Waals surface area contributed by atoms with Crippen molar-refractivity contribution >= 4 is 22.9 Å². The zero-order valence-corrected chi connectivity index (χ0v) is 13.8. The van der Waals surface area contributed by atoms with Crippen LogP contribution < -0.4 is 0 Å². The van der Waals surface area contributed by atoms with Crippen molar-refractivity contribution in [3.8, 4) is 0 Å². The summed E-state index contributed by atoms with van der Waals surface area (Å²) in [4.78, 5) is 12.3. The Labute approximate surface area is 142 Å². The molecule has 0 aliphatic rings. The van der Waals surface area contributed by atoms with Crippen molar-refractivity contribution < 1.29 is 9.53 Å². The zero-order valence-electron chi connectivity index (χ0n) is 13.8. The summed E-state index contributed by atoms with van der Waals surface area (Å²) in [6, 6.07) is 20.2. The average Bonchev–Trinajstić information content (AvgIpc) is 3.03. The summed E-state index contributed by atoms with van der Waals surface area (Å²) in [5.74, 6) is -0.238. The number of aromatic nitrogens is 1. The molecule has 0 amide bonds. The maximum Gasteiger partial charge on any atom is 0.334 e. The Bertz CT molecular complexity index is 846. The highest BCUT2D eigenvalue weighted by Crippen LogP contribution is 2.18. The second-order valence-corrected chi connectivity index (χ2v) is 5.62. The third-order valence-corrected chi connectivity index (χ3v) is 3.98. The van der Waals surface area contributed by atoms with Crippen LogP contribution in [-0.2, 0) is 16.1 Å². The van der Waals surface area contributed by atoms with Gasteiger partial charge in [-0.2, -0.15) is 0 Å². The molecule has 24 heavy (non-hydrogen) atoms. The predicted molar refractivity (Wildman–Crippen MR) is 97.6 cm³/mol. The number of rotatable bonds is 6. The van der Waals surface area contributed by atoms with Crippen LogP contribution in [0.3, 0.4) is 0 Å². The van der Waals surface area contributed by atoms with Crippen LogP contribution in [0, 0.1) is 0 Å². The first-order chi connectivity index (χ1) is 11.8. The van der Waals surface area contributed by atoms with Gasteiger partial charge in [0, 0.05) is 23.8 Å². The fourth-order valence-corrected chi connectivity index (χ4v) is 2.78. The van der Waals surface area contributed by atoms with Gasteiger partial charge in [-0.25, -0.2) is 4.79 Å². The summed E-state index contributed by atoms with van der Waals surface area (Å²) in [5.41, 5.74) is 2.89. The maximum atomic E-state index is 12.3. The van der Waals surface area contributed by atoms with Gasteiger partial charge in [-0.05, 0) is 42.5 Å². The van der Waals surface area contributed by atoms with E-state index in [4.69, 9.17) is 4.74 Å². The number of benzene rings is 2. The van der Waals surface area contributed by atoms with Crippen LogP contribution in [0.4, 0.5) is 0 Å². The SMILES string of the molecule is CCOC(=O)/C(=C/c1ccccc1)CCn1ccc2ccccc21. The smallest absolute Gasteiger partial charge is 0.334 e. The number of para-hydroxylation sites is 1. The molecule has 0 bridgehead atoms. The van der Waals surface area contributed by atoms with Crippen LogP contribution in [0.5, 0.6) is 0 Å². The van der Waals surface area contributed by atoms with Gasteiger partial charge in [0.05, 0.1) is 6.61 Å². The van der Waals surface area contributed by atoms with E-state index in [1.165, 1.54) is 10.9 Å². The summed E-state index contributed by atoms with van der Waals surface area (Å²) in [6.07, 6.45) is 4.62. The highest BCUT2D eigenvalue weighted by molar-refractivity contribution is 5.93. The number of nitrogens with zero attached hydrogens (tertiary/aromatic N) is 1. The van der Waals surface area contributed by atoms with Crippen LogP contribution in [-0.4, -0.2) is 17.1 Å². The standard InChI is InChI=1S/C21H21NO2/c1-2-24-21(23)19(16-17-8-4-3-5-9-17)13-15-22-14-12-18-10-6-7-11-20(18)22/h3-12,14,16H,2,13,15H2,1H3/b19-16+. The van der Waals surface area contributed by atoms with E-state index in [9.17, 15) is 4.79 Å². The van der Waals surface area contributed by atoms with E-state index in [0.717, 1.165) is 12.1 Å². The molecule has 122 valence electrons. The van der Waals surface area contributed by atoms with Crippen molar-refractivity contribution in [3.05, 3.63) is 78.0 Å². The Morgan fingerprint density at radius 3 is 2.58 bits per heavy atom. The van der Waals surface area contributed by atoms with Gasteiger partial charge in [-0.1, -0.05) is 48.5 Å². The maximum absolute atomic E-state index is 12.3. The lowest BCUT2D eigenvalue weighted by molar-refractivity contribution is -0.138. The first-order valence-corrected chi connectivity index (χ1v) is 8.24. The van der Waals surface area contributed by atoms with E-state index >= 15 is 0 Å². The third kappa shape index (κ3) is 3.74. The van der Waals surface area contributed by atoms with Crippen molar-refractivity contribution in [2.45, 2.75) is 19.9 Å².